The second-order valence-electron chi connectivity index (χ2n) is 7.98. The molecule has 1 aromatic heterocycles. The molecule has 1 aliphatic rings. The smallest absolute Gasteiger partial charge is 0.238 e. The Morgan fingerprint density at radius 2 is 1.88 bits per heavy atom. The highest BCUT2D eigenvalue weighted by Crippen LogP contribution is 2.17. The first-order chi connectivity index (χ1) is 15.9. The number of para-hydroxylation sites is 1. The second kappa shape index (κ2) is 11.9. The summed E-state index contributed by atoms with van der Waals surface area (Å²) >= 11 is 1.29. The quantitative estimate of drug-likeness (QED) is 0.576. The Bertz CT molecular complexity index is 971. The van der Waals surface area contributed by atoms with Crippen LogP contribution < -0.4 is 10.6 Å². The number of hydrogen-bond donors (Lipinski definition) is 2. The Kier molecular flexibility index (Phi) is 8.90. The van der Waals surface area contributed by atoms with Crippen LogP contribution in [0.3, 0.4) is 0 Å². The summed E-state index contributed by atoms with van der Waals surface area (Å²) in [5, 5.41) is 9.01. The van der Waals surface area contributed by atoms with Crippen LogP contribution in [-0.2, 0) is 20.8 Å². The Balaban J connectivity index is 1.37. The van der Waals surface area contributed by atoms with E-state index in [-0.39, 0.29) is 23.5 Å². The number of thioether (sulfide) groups is 1. The van der Waals surface area contributed by atoms with Gasteiger partial charge >= 0.3 is 0 Å². The van der Waals surface area contributed by atoms with E-state index in [0.29, 0.717) is 44.3 Å². The summed E-state index contributed by atoms with van der Waals surface area (Å²) in [7, 11) is 0. The number of carbonyl (C=O) groups is 3. The van der Waals surface area contributed by atoms with Crippen LogP contribution in [0, 0.1) is 6.92 Å². The van der Waals surface area contributed by atoms with Gasteiger partial charge in [0.2, 0.25) is 17.7 Å². The molecule has 10 heteroatoms. The molecule has 2 heterocycles. The summed E-state index contributed by atoms with van der Waals surface area (Å²) in [4.78, 5) is 41.1. The van der Waals surface area contributed by atoms with E-state index in [1.54, 1.807) is 24.8 Å². The lowest BCUT2D eigenvalue weighted by atomic mass is 10.1. The maximum atomic E-state index is 12.6. The van der Waals surface area contributed by atoms with Gasteiger partial charge in [0.05, 0.1) is 17.5 Å². The summed E-state index contributed by atoms with van der Waals surface area (Å²) < 4.78 is 4.93. The zero-order chi connectivity index (χ0) is 23.8. The average Bonchev–Trinajstić information content (AvgIpc) is 3.22. The summed E-state index contributed by atoms with van der Waals surface area (Å²) in [5.74, 6) is 0.937. The topological polar surface area (TPSA) is 108 Å². The van der Waals surface area contributed by atoms with Crippen molar-refractivity contribution < 1.29 is 18.9 Å². The number of nitrogens with one attached hydrogen (secondary N) is 2. The maximum absolute atomic E-state index is 12.6. The fraction of sp³-hybridized carbons (Fsp3) is 0.478. The van der Waals surface area contributed by atoms with Crippen molar-refractivity contribution in [2.24, 2.45) is 0 Å². The van der Waals surface area contributed by atoms with Gasteiger partial charge in [-0.05, 0) is 31.9 Å². The molecule has 1 aliphatic heterocycles. The molecule has 9 nitrogen and oxygen atoms in total. The van der Waals surface area contributed by atoms with Crippen molar-refractivity contribution in [3.05, 3.63) is 41.7 Å². The molecule has 0 saturated carbocycles. The highest BCUT2D eigenvalue weighted by atomic mass is 32.2. The van der Waals surface area contributed by atoms with Gasteiger partial charge in [-0.3, -0.25) is 19.3 Å². The van der Waals surface area contributed by atoms with Gasteiger partial charge in [-0.25, -0.2) is 0 Å². The van der Waals surface area contributed by atoms with Crippen molar-refractivity contribution >= 4 is 41.0 Å². The van der Waals surface area contributed by atoms with Gasteiger partial charge in [0, 0.05) is 37.9 Å². The molecule has 0 radical (unpaired) electrons. The summed E-state index contributed by atoms with van der Waals surface area (Å²) in [6.45, 7) is 8.28. The standard InChI is InChI=1S/C23H31N5O4S/c1-4-18-7-5-6-8-19(18)24-21(29)14-27-9-11-28(12-10-27)22(30)15-33-17(3)23(31)25-20-13-16(2)32-26-20/h5-8,13,17H,4,9-12,14-15H2,1-3H3,(H,24,29)(H,25,26,31). The predicted octanol–water partition coefficient (Wildman–Crippen LogP) is 2.39. The van der Waals surface area contributed by atoms with Crippen molar-refractivity contribution in [1.29, 1.82) is 0 Å². The Morgan fingerprint density at radius 1 is 1.15 bits per heavy atom. The molecule has 0 bridgehead atoms. The van der Waals surface area contributed by atoms with Crippen LogP contribution in [0.5, 0.6) is 0 Å². The van der Waals surface area contributed by atoms with Crippen molar-refractivity contribution in [1.82, 2.24) is 15.0 Å². The maximum Gasteiger partial charge on any atom is 0.238 e. The van der Waals surface area contributed by atoms with E-state index in [1.165, 1.54) is 11.8 Å². The van der Waals surface area contributed by atoms with E-state index in [9.17, 15) is 14.4 Å². The van der Waals surface area contributed by atoms with E-state index in [1.807, 2.05) is 24.3 Å². The van der Waals surface area contributed by atoms with Crippen molar-refractivity contribution in [3.8, 4) is 0 Å². The van der Waals surface area contributed by atoms with Gasteiger partial charge < -0.3 is 20.1 Å². The Hall–Kier alpha value is -2.85. The molecule has 3 rings (SSSR count). The lowest BCUT2D eigenvalue weighted by molar-refractivity contribution is -0.130. The lowest BCUT2D eigenvalue weighted by Gasteiger charge is -2.34. The first kappa shape index (κ1) is 24.8. The van der Waals surface area contributed by atoms with Gasteiger partial charge in [-0.2, -0.15) is 0 Å². The highest BCUT2D eigenvalue weighted by molar-refractivity contribution is 8.01. The minimum absolute atomic E-state index is 0.00194. The number of benzene rings is 1. The molecule has 1 aromatic carbocycles. The molecular weight excluding hydrogens is 442 g/mol. The SMILES string of the molecule is CCc1ccccc1NC(=O)CN1CCN(C(=O)CSC(C)C(=O)Nc2cc(C)on2)CC1. The number of amides is 3. The zero-order valence-electron chi connectivity index (χ0n) is 19.3. The van der Waals surface area contributed by atoms with Crippen LogP contribution in [0.2, 0.25) is 0 Å². The fourth-order valence-electron chi connectivity index (χ4n) is 3.52. The van der Waals surface area contributed by atoms with Gasteiger partial charge in [-0.1, -0.05) is 30.3 Å². The van der Waals surface area contributed by atoms with Crippen molar-refractivity contribution in [3.63, 3.8) is 0 Å². The number of rotatable bonds is 9. The third kappa shape index (κ3) is 7.33. The molecule has 178 valence electrons. The Morgan fingerprint density at radius 3 is 2.55 bits per heavy atom. The van der Waals surface area contributed by atoms with Crippen molar-refractivity contribution in [2.75, 3.05) is 49.1 Å². The average molecular weight is 474 g/mol. The molecule has 2 N–H and O–H groups in total. The first-order valence-electron chi connectivity index (χ1n) is 11.1. The summed E-state index contributed by atoms with van der Waals surface area (Å²) in [5.41, 5.74) is 1.96. The number of nitrogens with zero attached hydrogens (tertiary/aromatic N) is 3. The van der Waals surface area contributed by atoms with Crippen LogP contribution in [-0.4, -0.2) is 76.4 Å². The van der Waals surface area contributed by atoms with Crippen LogP contribution in [0.4, 0.5) is 11.5 Å². The first-order valence-corrected chi connectivity index (χ1v) is 12.1. The lowest BCUT2D eigenvalue weighted by Crippen LogP contribution is -2.51. The number of aryl methyl sites for hydroxylation is 2. The summed E-state index contributed by atoms with van der Waals surface area (Å²) in [6.07, 6.45) is 0.857. The van der Waals surface area contributed by atoms with Crippen LogP contribution in [0.25, 0.3) is 0 Å². The normalized spacial score (nSPS) is 15.2. The molecule has 1 fully saturated rings. The zero-order valence-corrected chi connectivity index (χ0v) is 20.1. The Labute approximate surface area is 198 Å². The molecule has 33 heavy (non-hydrogen) atoms. The second-order valence-corrected chi connectivity index (χ2v) is 9.31. The van der Waals surface area contributed by atoms with Gasteiger partial charge in [0.15, 0.2) is 5.82 Å². The third-order valence-corrected chi connectivity index (χ3v) is 6.60. The number of piperazine rings is 1. The minimum Gasteiger partial charge on any atom is -0.360 e. The molecule has 0 aliphatic carbocycles. The van der Waals surface area contributed by atoms with Gasteiger partial charge in [0.1, 0.15) is 5.76 Å². The van der Waals surface area contributed by atoms with E-state index >= 15 is 0 Å². The number of hydrogen-bond acceptors (Lipinski definition) is 7. The molecule has 1 unspecified atom stereocenters. The highest BCUT2D eigenvalue weighted by Gasteiger charge is 2.24. The van der Waals surface area contributed by atoms with Gasteiger partial charge in [0.25, 0.3) is 0 Å². The van der Waals surface area contributed by atoms with E-state index in [2.05, 4.69) is 27.6 Å². The monoisotopic (exact) mass is 473 g/mol. The molecule has 1 saturated heterocycles. The minimum atomic E-state index is -0.401. The molecule has 2 aromatic rings. The number of carbonyl (C=O) groups excluding carboxylic acids is 3. The van der Waals surface area contributed by atoms with Crippen LogP contribution >= 0.6 is 11.8 Å². The van der Waals surface area contributed by atoms with Gasteiger partial charge in [-0.15, -0.1) is 11.8 Å². The molecular formula is C23H31N5O4S. The largest absolute Gasteiger partial charge is 0.360 e. The van der Waals surface area contributed by atoms with Crippen LogP contribution in [0.1, 0.15) is 25.2 Å². The summed E-state index contributed by atoms with van der Waals surface area (Å²) in [6, 6.07) is 9.45. The van der Waals surface area contributed by atoms with Crippen LogP contribution in [0.15, 0.2) is 34.9 Å². The molecule has 3 amide bonds. The van der Waals surface area contributed by atoms with E-state index in [4.69, 9.17) is 4.52 Å². The van der Waals surface area contributed by atoms with E-state index in [0.717, 1.165) is 17.7 Å². The predicted molar refractivity (Wildman–Crippen MR) is 129 cm³/mol. The molecule has 0 spiro atoms. The fourth-order valence-corrected chi connectivity index (χ4v) is 4.30. The van der Waals surface area contributed by atoms with Crippen molar-refractivity contribution in [2.45, 2.75) is 32.4 Å². The van der Waals surface area contributed by atoms with E-state index < -0.39 is 5.25 Å². The third-order valence-electron chi connectivity index (χ3n) is 5.47. The number of aromatic nitrogens is 1. The number of anilines is 2. The molecule has 1 atom stereocenters.